The van der Waals surface area contributed by atoms with Crippen LogP contribution in [0.3, 0.4) is 0 Å². The van der Waals surface area contributed by atoms with Crippen LogP contribution in [0.15, 0.2) is 78.9 Å². The minimum atomic E-state index is -0.0155. The SMILES string of the molecule is O=C(/C(=C/c1ccc(Cl)cc1)c1ccc(OCCN2CCCC2)cc1)c1ccccc1. The number of nitrogens with zero attached hydrogens (tertiary/aromatic N) is 1. The topological polar surface area (TPSA) is 29.5 Å². The molecule has 3 nitrogen and oxygen atoms in total. The number of benzene rings is 3. The van der Waals surface area contributed by atoms with Gasteiger partial charge >= 0.3 is 0 Å². The molecule has 31 heavy (non-hydrogen) atoms. The molecule has 1 fully saturated rings. The predicted octanol–water partition coefficient (Wildman–Crippen LogP) is 6.24. The number of likely N-dealkylation sites (tertiary alicyclic amines) is 1. The van der Waals surface area contributed by atoms with Gasteiger partial charge in [-0.3, -0.25) is 9.69 Å². The average molecular weight is 432 g/mol. The zero-order valence-corrected chi connectivity index (χ0v) is 18.2. The van der Waals surface area contributed by atoms with Gasteiger partial charge in [-0.2, -0.15) is 0 Å². The van der Waals surface area contributed by atoms with Crippen molar-refractivity contribution in [2.75, 3.05) is 26.2 Å². The van der Waals surface area contributed by atoms with Crippen molar-refractivity contribution in [3.63, 3.8) is 0 Å². The standard InChI is InChI=1S/C27H26ClNO2/c28-24-12-8-21(9-13-24)20-26(27(30)23-6-2-1-3-7-23)22-10-14-25(15-11-22)31-19-18-29-16-4-5-17-29/h1-3,6-15,20H,4-5,16-19H2/b26-20+. The molecule has 0 amide bonds. The summed E-state index contributed by atoms with van der Waals surface area (Å²) in [4.78, 5) is 15.7. The summed E-state index contributed by atoms with van der Waals surface area (Å²) in [7, 11) is 0. The number of carbonyl (C=O) groups is 1. The summed E-state index contributed by atoms with van der Waals surface area (Å²) in [5.41, 5.74) is 3.08. The third-order valence-corrected chi connectivity index (χ3v) is 5.75. The maximum absolute atomic E-state index is 13.3. The van der Waals surface area contributed by atoms with E-state index in [0.29, 0.717) is 22.8 Å². The molecule has 1 aliphatic heterocycles. The van der Waals surface area contributed by atoms with Gasteiger partial charge in [0.05, 0.1) is 0 Å². The molecule has 0 saturated carbocycles. The highest BCUT2D eigenvalue weighted by atomic mass is 35.5. The molecule has 0 atom stereocenters. The number of Topliss-reactive ketones (excluding diaryl/α,β-unsaturated/α-hetero) is 1. The number of halogens is 1. The van der Waals surface area contributed by atoms with Crippen LogP contribution in [0.4, 0.5) is 0 Å². The first kappa shape index (κ1) is 21.4. The van der Waals surface area contributed by atoms with Gasteiger partial charge in [0.15, 0.2) is 5.78 Å². The molecule has 0 aliphatic carbocycles. The lowest BCUT2D eigenvalue weighted by atomic mass is 9.94. The van der Waals surface area contributed by atoms with Crippen LogP contribution in [-0.2, 0) is 0 Å². The van der Waals surface area contributed by atoms with E-state index in [9.17, 15) is 4.79 Å². The number of carbonyl (C=O) groups excluding carboxylic acids is 1. The molecule has 1 heterocycles. The molecule has 3 aromatic rings. The van der Waals surface area contributed by atoms with Crippen LogP contribution in [0, 0.1) is 0 Å². The fraction of sp³-hybridized carbons (Fsp3) is 0.222. The van der Waals surface area contributed by atoms with Gasteiger partial charge in [-0.1, -0.05) is 66.2 Å². The molecule has 0 unspecified atom stereocenters. The van der Waals surface area contributed by atoms with Crippen LogP contribution < -0.4 is 4.74 Å². The molecule has 4 rings (SSSR count). The summed E-state index contributed by atoms with van der Waals surface area (Å²) in [5, 5.41) is 0.670. The molecular formula is C27H26ClNO2. The molecule has 0 spiro atoms. The summed E-state index contributed by atoms with van der Waals surface area (Å²) in [5.74, 6) is 0.805. The van der Waals surface area contributed by atoms with Gasteiger partial charge in [-0.15, -0.1) is 0 Å². The van der Waals surface area contributed by atoms with E-state index in [-0.39, 0.29) is 5.78 Å². The van der Waals surface area contributed by atoms with Gasteiger partial charge in [-0.25, -0.2) is 0 Å². The van der Waals surface area contributed by atoms with Crippen molar-refractivity contribution in [3.8, 4) is 5.75 Å². The van der Waals surface area contributed by atoms with E-state index in [4.69, 9.17) is 16.3 Å². The smallest absolute Gasteiger partial charge is 0.193 e. The van der Waals surface area contributed by atoms with Crippen LogP contribution in [0.2, 0.25) is 5.02 Å². The molecule has 1 aliphatic rings. The Labute approximate surface area is 188 Å². The Morgan fingerprint density at radius 1 is 0.871 bits per heavy atom. The van der Waals surface area contributed by atoms with Crippen LogP contribution >= 0.6 is 11.6 Å². The van der Waals surface area contributed by atoms with Crippen molar-refractivity contribution in [2.45, 2.75) is 12.8 Å². The molecule has 0 radical (unpaired) electrons. The van der Waals surface area contributed by atoms with Crippen molar-refractivity contribution in [1.29, 1.82) is 0 Å². The van der Waals surface area contributed by atoms with Gasteiger partial charge in [0.2, 0.25) is 0 Å². The lowest BCUT2D eigenvalue weighted by molar-refractivity contribution is 0.105. The highest BCUT2D eigenvalue weighted by Crippen LogP contribution is 2.26. The van der Waals surface area contributed by atoms with Gasteiger partial charge in [0, 0.05) is 22.7 Å². The minimum Gasteiger partial charge on any atom is -0.492 e. The molecule has 4 heteroatoms. The van der Waals surface area contributed by atoms with Gasteiger partial charge in [0.25, 0.3) is 0 Å². The predicted molar refractivity (Wildman–Crippen MR) is 128 cm³/mol. The van der Waals surface area contributed by atoms with Crippen LogP contribution in [-0.4, -0.2) is 36.9 Å². The van der Waals surface area contributed by atoms with E-state index in [2.05, 4.69) is 4.90 Å². The summed E-state index contributed by atoms with van der Waals surface area (Å²) >= 11 is 6.02. The molecular weight excluding hydrogens is 406 g/mol. The zero-order valence-electron chi connectivity index (χ0n) is 17.5. The fourth-order valence-electron chi connectivity index (χ4n) is 3.78. The number of hydrogen-bond donors (Lipinski definition) is 0. The number of allylic oxidation sites excluding steroid dienone is 1. The van der Waals surface area contributed by atoms with Gasteiger partial charge in [-0.05, 0) is 67.4 Å². The Morgan fingerprint density at radius 2 is 1.55 bits per heavy atom. The first-order valence-corrected chi connectivity index (χ1v) is 11.1. The fourth-order valence-corrected chi connectivity index (χ4v) is 3.91. The first-order chi connectivity index (χ1) is 15.2. The molecule has 0 bridgehead atoms. The lowest BCUT2D eigenvalue weighted by Gasteiger charge is -2.15. The van der Waals surface area contributed by atoms with Crippen molar-refractivity contribution in [1.82, 2.24) is 4.90 Å². The summed E-state index contributed by atoms with van der Waals surface area (Å²) in [6.07, 6.45) is 4.48. The highest BCUT2D eigenvalue weighted by molar-refractivity contribution is 6.32. The largest absolute Gasteiger partial charge is 0.492 e. The number of hydrogen-bond acceptors (Lipinski definition) is 3. The van der Waals surface area contributed by atoms with E-state index in [0.717, 1.165) is 23.4 Å². The lowest BCUT2D eigenvalue weighted by Crippen LogP contribution is -2.25. The second kappa shape index (κ2) is 10.4. The van der Waals surface area contributed by atoms with Crippen LogP contribution in [0.25, 0.3) is 11.6 Å². The van der Waals surface area contributed by atoms with E-state index in [1.807, 2.05) is 84.9 Å². The Kier molecular flexibility index (Phi) is 7.18. The van der Waals surface area contributed by atoms with E-state index in [1.54, 1.807) is 0 Å². The second-order valence-corrected chi connectivity index (χ2v) is 8.16. The van der Waals surface area contributed by atoms with E-state index in [1.165, 1.54) is 25.9 Å². The Bertz CT molecular complexity index is 1020. The number of ether oxygens (including phenoxy) is 1. The van der Waals surface area contributed by atoms with Crippen LogP contribution in [0.1, 0.15) is 34.3 Å². The minimum absolute atomic E-state index is 0.0155. The van der Waals surface area contributed by atoms with E-state index >= 15 is 0 Å². The van der Waals surface area contributed by atoms with Crippen molar-refractivity contribution in [2.24, 2.45) is 0 Å². The Balaban J connectivity index is 1.54. The Hall–Kier alpha value is -2.88. The van der Waals surface area contributed by atoms with Crippen molar-refractivity contribution >= 4 is 29.0 Å². The maximum atomic E-state index is 13.3. The molecule has 0 N–H and O–H groups in total. The second-order valence-electron chi connectivity index (χ2n) is 7.73. The van der Waals surface area contributed by atoms with Crippen LogP contribution in [0.5, 0.6) is 5.75 Å². The Morgan fingerprint density at radius 3 is 2.23 bits per heavy atom. The normalized spacial score (nSPS) is 14.5. The summed E-state index contributed by atoms with van der Waals surface area (Å²) in [6.45, 7) is 3.97. The molecule has 1 saturated heterocycles. The molecule has 0 aromatic heterocycles. The zero-order chi connectivity index (χ0) is 21.5. The van der Waals surface area contributed by atoms with Crippen molar-refractivity contribution in [3.05, 3.63) is 101 Å². The summed E-state index contributed by atoms with van der Waals surface area (Å²) < 4.78 is 5.92. The maximum Gasteiger partial charge on any atom is 0.193 e. The number of ketones is 1. The monoisotopic (exact) mass is 431 g/mol. The van der Waals surface area contributed by atoms with Gasteiger partial charge < -0.3 is 4.74 Å². The molecule has 158 valence electrons. The average Bonchev–Trinajstić information content (AvgIpc) is 3.33. The third-order valence-electron chi connectivity index (χ3n) is 5.50. The quantitative estimate of drug-likeness (QED) is 0.240. The summed E-state index contributed by atoms with van der Waals surface area (Å²) in [6, 6.07) is 24.6. The first-order valence-electron chi connectivity index (χ1n) is 10.7. The third kappa shape index (κ3) is 5.84. The van der Waals surface area contributed by atoms with E-state index < -0.39 is 0 Å². The van der Waals surface area contributed by atoms with Gasteiger partial charge in [0.1, 0.15) is 12.4 Å². The highest BCUT2D eigenvalue weighted by Gasteiger charge is 2.15. The van der Waals surface area contributed by atoms with Crippen molar-refractivity contribution < 1.29 is 9.53 Å². The number of rotatable bonds is 8. The molecule has 3 aromatic carbocycles.